The molecular formula is C11H11ClO2. The molecule has 14 heavy (non-hydrogen) atoms. The smallest absolute Gasteiger partial charge is 0.158 e. The van der Waals surface area contributed by atoms with Crippen molar-refractivity contribution < 1.29 is 9.90 Å². The minimum Gasteiger partial charge on any atom is -0.384 e. The summed E-state index contributed by atoms with van der Waals surface area (Å²) in [7, 11) is 0. The van der Waals surface area contributed by atoms with Crippen LogP contribution in [0.25, 0.3) is 0 Å². The molecule has 0 radical (unpaired) electrons. The van der Waals surface area contributed by atoms with Crippen LogP contribution in [-0.4, -0.2) is 10.9 Å². The van der Waals surface area contributed by atoms with E-state index in [9.17, 15) is 9.90 Å². The van der Waals surface area contributed by atoms with Gasteiger partial charge >= 0.3 is 0 Å². The summed E-state index contributed by atoms with van der Waals surface area (Å²) in [4.78, 5) is 11.0. The van der Waals surface area contributed by atoms with Crippen LogP contribution in [-0.2, 0) is 4.79 Å². The number of hydrogen-bond acceptors (Lipinski definition) is 2. The van der Waals surface area contributed by atoms with E-state index in [2.05, 4.69) is 6.58 Å². The predicted molar refractivity (Wildman–Crippen MR) is 56.2 cm³/mol. The lowest BCUT2D eigenvalue weighted by molar-refractivity contribution is -0.114. The van der Waals surface area contributed by atoms with Crippen molar-refractivity contribution >= 4 is 17.4 Å². The topological polar surface area (TPSA) is 37.3 Å². The van der Waals surface area contributed by atoms with Crippen molar-refractivity contribution in [3.05, 3.63) is 47.0 Å². The zero-order valence-corrected chi connectivity index (χ0v) is 8.58. The van der Waals surface area contributed by atoms with E-state index in [1.54, 1.807) is 24.3 Å². The van der Waals surface area contributed by atoms with Gasteiger partial charge in [-0.05, 0) is 24.6 Å². The van der Waals surface area contributed by atoms with Gasteiger partial charge in [-0.15, -0.1) is 0 Å². The van der Waals surface area contributed by atoms with Crippen molar-refractivity contribution in [3.63, 3.8) is 0 Å². The summed E-state index contributed by atoms with van der Waals surface area (Å²) in [6.45, 7) is 4.89. The average Bonchev–Trinajstić information content (AvgIpc) is 2.15. The van der Waals surface area contributed by atoms with Crippen molar-refractivity contribution in [1.29, 1.82) is 0 Å². The molecule has 0 bridgehead atoms. The molecule has 0 aliphatic carbocycles. The molecule has 1 aromatic carbocycles. The van der Waals surface area contributed by atoms with Crippen LogP contribution in [0.2, 0.25) is 5.02 Å². The number of aliphatic hydroxyl groups is 1. The lowest BCUT2D eigenvalue weighted by Crippen LogP contribution is -2.07. The molecule has 0 aromatic heterocycles. The number of ketones is 1. The van der Waals surface area contributed by atoms with Crippen molar-refractivity contribution in [3.8, 4) is 0 Å². The molecule has 1 rings (SSSR count). The molecule has 0 aliphatic rings. The van der Waals surface area contributed by atoms with Gasteiger partial charge in [0.1, 0.15) is 6.10 Å². The number of benzene rings is 1. The van der Waals surface area contributed by atoms with Gasteiger partial charge in [-0.2, -0.15) is 0 Å². The highest BCUT2D eigenvalue weighted by Gasteiger charge is 2.14. The standard InChI is InChI=1S/C11H11ClO2/c1-7(8(2)13)11(14)9-4-3-5-10(12)6-9/h3-6,11,14H,1H2,2H3. The molecule has 1 N–H and O–H groups in total. The van der Waals surface area contributed by atoms with Gasteiger partial charge < -0.3 is 5.11 Å². The van der Waals surface area contributed by atoms with E-state index in [4.69, 9.17) is 11.6 Å². The van der Waals surface area contributed by atoms with Gasteiger partial charge in [0.15, 0.2) is 5.78 Å². The van der Waals surface area contributed by atoms with E-state index < -0.39 is 6.10 Å². The third-order valence-corrected chi connectivity index (χ3v) is 2.18. The van der Waals surface area contributed by atoms with Crippen LogP contribution in [0.3, 0.4) is 0 Å². The third kappa shape index (κ3) is 2.44. The number of carbonyl (C=O) groups is 1. The van der Waals surface area contributed by atoms with Crippen LogP contribution in [0.5, 0.6) is 0 Å². The van der Waals surface area contributed by atoms with Crippen LogP contribution >= 0.6 is 11.6 Å². The number of Topliss-reactive ketones (excluding diaryl/α,β-unsaturated/α-hetero) is 1. The molecule has 1 unspecified atom stereocenters. The Morgan fingerprint density at radius 1 is 1.57 bits per heavy atom. The Kier molecular flexibility index (Phi) is 3.44. The maximum absolute atomic E-state index is 11.0. The summed E-state index contributed by atoms with van der Waals surface area (Å²) in [5, 5.41) is 10.2. The first-order chi connectivity index (χ1) is 6.52. The fourth-order valence-electron chi connectivity index (χ4n) is 1.07. The van der Waals surface area contributed by atoms with Crippen molar-refractivity contribution in [1.82, 2.24) is 0 Å². The van der Waals surface area contributed by atoms with Crippen LogP contribution in [0, 0.1) is 0 Å². The van der Waals surface area contributed by atoms with Gasteiger partial charge in [-0.1, -0.05) is 30.3 Å². The van der Waals surface area contributed by atoms with E-state index in [1.165, 1.54) is 6.92 Å². The second-order valence-electron chi connectivity index (χ2n) is 3.04. The highest BCUT2D eigenvalue weighted by atomic mass is 35.5. The molecule has 0 spiro atoms. The van der Waals surface area contributed by atoms with Crippen molar-refractivity contribution in [2.45, 2.75) is 13.0 Å². The Morgan fingerprint density at radius 2 is 2.21 bits per heavy atom. The van der Waals surface area contributed by atoms with E-state index in [-0.39, 0.29) is 11.4 Å². The van der Waals surface area contributed by atoms with Crippen LogP contribution in [0.4, 0.5) is 0 Å². The zero-order chi connectivity index (χ0) is 10.7. The Morgan fingerprint density at radius 3 is 2.71 bits per heavy atom. The molecule has 0 aliphatic heterocycles. The summed E-state index contributed by atoms with van der Waals surface area (Å²) in [6, 6.07) is 6.73. The second-order valence-corrected chi connectivity index (χ2v) is 3.48. The Hall–Kier alpha value is -1.12. The summed E-state index contributed by atoms with van der Waals surface area (Å²) in [5.41, 5.74) is 0.755. The highest BCUT2D eigenvalue weighted by molar-refractivity contribution is 6.30. The van der Waals surface area contributed by atoms with Gasteiger partial charge in [0.2, 0.25) is 0 Å². The van der Waals surface area contributed by atoms with Crippen LogP contribution in [0.15, 0.2) is 36.4 Å². The fourth-order valence-corrected chi connectivity index (χ4v) is 1.27. The monoisotopic (exact) mass is 210 g/mol. The van der Waals surface area contributed by atoms with Gasteiger partial charge in [-0.3, -0.25) is 4.79 Å². The van der Waals surface area contributed by atoms with E-state index in [0.717, 1.165) is 0 Å². The van der Waals surface area contributed by atoms with Crippen molar-refractivity contribution in [2.24, 2.45) is 0 Å². The van der Waals surface area contributed by atoms with Gasteiger partial charge in [-0.25, -0.2) is 0 Å². The zero-order valence-electron chi connectivity index (χ0n) is 7.83. The first-order valence-electron chi connectivity index (χ1n) is 4.15. The molecule has 0 saturated heterocycles. The molecule has 2 nitrogen and oxygen atoms in total. The highest BCUT2D eigenvalue weighted by Crippen LogP contribution is 2.23. The minimum atomic E-state index is -0.966. The number of carbonyl (C=O) groups excluding carboxylic acids is 1. The first-order valence-corrected chi connectivity index (χ1v) is 4.53. The summed E-state index contributed by atoms with van der Waals surface area (Å²) >= 11 is 5.75. The third-order valence-electron chi connectivity index (χ3n) is 1.95. The molecule has 0 fully saturated rings. The van der Waals surface area contributed by atoms with E-state index >= 15 is 0 Å². The fraction of sp³-hybridized carbons (Fsp3) is 0.182. The molecule has 3 heteroatoms. The van der Waals surface area contributed by atoms with E-state index in [1.807, 2.05) is 0 Å². The Balaban J connectivity index is 2.95. The van der Waals surface area contributed by atoms with Gasteiger partial charge in [0, 0.05) is 10.6 Å². The van der Waals surface area contributed by atoms with Crippen molar-refractivity contribution in [2.75, 3.05) is 0 Å². The molecule has 1 atom stereocenters. The molecular weight excluding hydrogens is 200 g/mol. The number of aliphatic hydroxyl groups excluding tert-OH is 1. The number of hydrogen-bond donors (Lipinski definition) is 1. The summed E-state index contributed by atoms with van der Waals surface area (Å²) in [5.74, 6) is -0.225. The quantitative estimate of drug-likeness (QED) is 0.779. The Labute approximate surface area is 87.8 Å². The predicted octanol–water partition coefficient (Wildman–Crippen LogP) is 2.52. The normalized spacial score (nSPS) is 12.2. The lowest BCUT2D eigenvalue weighted by Gasteiger charge is -2.11. The minimum absolute atomic E-state index is 0.173. The number of rotatable bonds is 3. The maximum Gasteiger partial charge on any atom is 0.158 e. The molecule has 0 heterocycles. The van der Waals surface area contributed by atoms with Crippen LogP contribution in [0.1, 0.15) is 18.6 Å². The lowest BCUT2D eigenvalue weighted by atomic mass is 10.0. The second kappa shape index (κ2) is 4.40. The molecule has 0 saturated carbocycles. The van der Waals surface area contributed by atoms with Gasteiger partial charge in [0.25, 0.3) is 0 Å². The molecule has 1 aromatic rings. The first kappa shape index (κ1) is 11.0. The summed E-state index contributed by atoms with van der Waals surface area (Å²) < 4.78 is 0. The summed E-state index contributed by atoms with van der Waals surface area (Å²) in [6.07, 6.45) is -0.966. The molecule has 74 valence electrons. The van der Waals surface area contributed by atoms with Gasteiger partial charge in [0.05, 0.1) is 0 Å². The maximum atomic E-state index is 11.0. The molecule has 0 amide bonds. The SMILES string of the molecule is C=C(C(C)=O)C(O)c1cccc(Cl)c1. The average molecular weight is 211 g/mol. The van der Waals surface area contributed by atoms with E-state index in [0.29, 0.717) is 10.6 Å². The largest absolute Gasteiger partial charge is 0.384 e. The Bertz CT molecular complexity index is 371. The number of halogens is 1. The van der Waals surface area contributed by atoms with Crippen LogP contribution < -0.4 is 0 Å².